The number of fused-ring (bicyclic) bond motifs is 8. The van der Waals surface area contributed by atoms with Gasteiger partial charge in [0.15, 0.2) is 0 Å². The zero-order valence-corrected chi connectivity index (χ0v) is 20.3. The molecule has 2 bridgehead atoms. The second-order valence-electron chi connectivity index (χ2n) is 8.86. The van der Waals surface area contributed by atoms with Crippen molar-refractivity contribution in [3.8, 4) is 0 Å². The minimum absolute atomic E-state index is 0.109. The van der Waals surface area contributed by atoms with Crippen molar-refractivity contribution < 1.29 is 28.6 Å². The first kappa shape index (κ1) is 23.5. The third kappa shape index (κ3) is 3.68. The molecule has 3 heterocycles. The Morgan fingerprint density at radius 3 is 2.08 bits per heavy atom. The Kier molecular flexibility index (Phi) is 5.72. The summed E-state index contributed by atoms with van der Waals surface area (Å²) in [6.45, 7) is 4.12. The van der Waals surface area contributed by atoms with E-state index >= 15 is 0 Å². The molecule has 0 spiro atoms. The Morgan fingerprint density at radius 1 is 0.917 bits per heavy atom. The van der Waals surface area contributed by atoms with Gasteiger partial charge in [-0.15, -0.1) is 0 Å². The molecule has 184 valence electrons. The van der Waals surface area contributed by atoms with Crippen molar-refractivity contribution in [1.82, 2.24) is 10.3 Å². The number of carbonyl (C=O) groups is 3. The Balaban J connectivity index is 1.43. The van der Waals surface area contributed by atoms with Crippen LogP contribution in [0.15, 0.2) is 36.4 Å². The summed E-state index contributed by atoms with van der Waals surface area (Å²) in [7, 11) is 2.51. The predicted molar refractivity (Wildman–Crippen MR) is 130 cm³/mol. The number of pyridine rings is 1. The van der Waals surface area contributed by atoms with Gasteiger partial charge in [0.05, 0.1) is 25.3 Å². The van der Waals surface area contributed by atoms with E-state index in [1.165, 1.54) is 14.2 Å². The van der Waals surface area contributed by atoms with Crippen molar-refractivity contribution in [2.24, 2.45) is 0 Å². The summed E-state index contributed by atoms with van der Waals surface area (Å²) in [5, 5.41) is 2.96. The van der Waals surface area contributed by atoms with E-state index in [-0.39, 0.29) is 17.0 Å². The number of hydrogen-bond donors (Lipinski definition) is 2. The van der Waals surface area contributed by atoms with Crippen molar-refractivity contribution in [1.29, 1.82) is 0 Å². The summed E-state index contributed by atoms with van der Waals surface area (Å²) < 4.78 is 15.9. The molecule has 9 heteroatoms. The zero-order valence-electron chi connectivity index (χ0n) is 20.3. The van der Waals surface area contributed by atoms with Crippen molar-refractivity contribution >= 4 is 23.7 Å². The molecule has 0 saturated heterocycles. The van der Waals surface area contributed by atoms with Gasteiger partial charge in [-0.25, -0.2) is 14.6 Å². The number of esters is 2. The lowest BCUT2D eigenvalue weighted by molar-refractivity contribution is 0.0555. The molecule has 3 aromatic rings. The molecule has 0 aliphatic carbocycles. The first-order valence-corrected chi connectivity index (χ1v) is 11.4. The Labute approximate surface area is 207 Å². The van der Waals surface area contributed by atoms with Gasteiger partial charge in [-0.05, 0) is 77.6 Å². The van der Waals surface area contributed by atoms with Crippen LogP contribution < -0.4 is 11.1 Å². The molecule has 2 aromatic carbocycles. The van der Waals surface area contributed by atoms with E-state index in [0.717, 1.165) is 39.1 Å². The number of nitrogens with zero attached hydrogens (tertiary/aromatic N) is 1. The second kappa shape index (κ2) is 8.76. The van der Waals surface area contributed by atoms with Crippen molar-refractivity contribution in [2.75, 3.05) is 20.0 Å². The van der Waals surface area contributed by atoms with Crippen LogP contribution in [0.5, 0.6) is 0 Å². The normalized spacial score (nSPS) is 16.8. The van der Waals surface area contributed by atoms with E-state index in [2.05, 4.69) is 10.3 Å². The van der Waals surface area contributed by atoms with Crippen molar-refractivity contribution in [3.63, 3.8) is 0 Å². The van der Waals surface area contributed by atoms with Gasteiger partial charge in [-0.2, -0.15) is 0 Å². The summed E-state index contributed by atoms with van der Waals surface area (Å²) in [4.78, 5) is 42.0. The number of benzene rings is 2. The molecule has 0 radical (unpaired) electrons. The van der Waals surface area contributed by atoms with Crippen molar-refractivity contribution in [3.05, 3.63) is 92.2 Å². The fraction of sp³-hybridized carbons (Fsp3) is 0.259. The smallest absolute Gasteiger partial charge is 0.338 e. The van der Waals surface area contributed by atoms with Gasteiger partial charge in [-0.1, -0.05) is 6.07 Å². The highest BCUT2D eigenvalue weighted by molar-refractivity contribution is 6.03. The lowest BCUT2D eigenvalue weighted by Crippen LogP contribution is -2.24. The number of rotatable bonds is 5. The van der Waals surface area contributed by atoms with Crippen LogP contribution in [0, 0.1) is 13.8 Å². The number of methoxy groups -OCH3 is 2. The summed E-state index contributed by atoms with van der Waals surface area (Å²) in [6, 6.07) is 10.5. The van der Waals surface area contributed by atoms with Gasteiger partial charge < -0.3 is 25.3 Å². The van der Waals surface area contributed by atoms with Gasteiger partial charge in [-0.3, -0.25) is 4.79 Å². The van der Waals surface area contributed by atoms with E-state index in [1.807, 2.05) is 26.0 Å². The Bertz CT molecular complexity index is 1420. The zero-order chi connectivity index (χ0) is 25.7. The number of amides is 1. The molecule has 0 fully saturated rings. The molecule has 5 rings (SSSR count). The number of nitrogens with two attached hydrogens (primary N) is 1. The number of anilines is 1. The average molecular weight is 488 g/mol. The molecule has 2 atom stereocenters. The highest BCUT2D eigenvalue weighted by atomic mass is 16.5. The van der Waals surface area contributed by atoms with Crippen LogP contribution in [0.25, 0.3) is 0 Å². The topological polar surface area (TPSA) is 130 Å². The van der Waals surface area contributed by atoms with Crippen LogP contribution in [0.4, 0.5) is 5.82 Å². The second-order valence-corrected chi connectivity index (χ2v) is 8.86. The predicted octanol–water partition coefficient (Wildman–Crippen LogP) is 3.31. The lowest BCUT2D eigenvalue weighted by Gasteiger charge is -2.19. The monoisotopic (exact) mass is 487 g/mol. The van der Waals surface area contributed by atoms with Crippen LogP contribution >= 0.6 is 0 Å². The van der Waals surface area contributed by atoms with Crippen LogP contribution in [-0.4, -0.2) is 37.0 Å². The largest absolute Gasteiger partial charge is 0.465 e. The van der Waals surface area contributed by atoms with Gasteiger partial charge in [0.25, 0.3) is 5.91 Å². The summed E-state index contributed by atoms with van der Waals surface area (Å²) in [6.07, 6.45) is -0.869. The van der Waals surface area contributed by atoms with Crippen LogP contribution in [0.1, 0.15) is 82.4 Å². The van der Waals surface area contributed by atoms with Crippen LogP contribution in [0.2, 0.25) is 0 Å². The minimum Gasteiger partial charge on any atom is -0.465 e. The number of aromatic nitrogens is 1. The molecule has 9 nitrogen and oxygen atoms in total. The highest BCUT2D eigenvalue weighted by Gasteiger charge is 2.44. The third-order valence-electron chi connectivity index (χ3n) is 6.78. The summed E-state index contributed by atoms with van der Waals surface area (Å²) in [5.41, 5.74) is 12.5. The Morgan fingerprint density at radius 2 is 1.50 bits per heavy atom. The molecule has 1 amide bonds. The number of carbonyl (C=O) groups excluding carboxylic acids is 3. The maximum atomic E-state index is 13.0. The number of aryl methyl sites for hydroxylation is 2. The van der Waals surface area contributed by atoms with E-state index in [9.17, 15) is 14.4 Å². The summed E-state index contributed by atoms with van der Waals surface area (Å²) >= 11 is 0. The molecular weight excluding hydrogens is 462 g/mol. The fourth-order valence-electron chi connectivity index (χ4n) is 5.02. The third-order valence-corrected chi connectivity index (χ3v) is 6.78. The van der Waals surface area contributed by atoms with Crippen LogP contribution in [-0.2, 0) is 20.8 Å². The van der Waals surface area contributed by atoms with Gasteiger partial charge in [0.2, 0.25) is 0 Å². The van der Waals surface area contributed by atoms with Gasteiger partial charge in [0, 0.05) is 17.8 Å². The number of nitrogen functional groups attached to an aromatic ring is 1. The SMILES string of the molecule is COC(=O)c1cc2c(cc1C(=O)OC)C1OC2c2ccc(C(=O)NCc3c(C)cc(N)nc3C)cc21. The molecule has 36 heavy (non-hydrogen) atoms. The number of hydrogen-bond acceptors (Lipinski definition) is 8. The van der Waals surface area contributed by atoms with Gasteiger partial charge >= 0.3 is 11.9 Å². The quantitative estimate of drug-likeness (QED) is 0.525. The highest BCUT2D eigenvalue weighted by Crippen LogP contribution is 2.54. The van der Waals surface area contributed by atoms with E-state index in [0.29, 0.717) is 17.9 Å². The minimum atomic E-state index is -0.642. The standard InChI is InChI=1S/C27H25N3O6/c1-12-7-22(28)30-13(2)21(12)11-29-25(31)14-5-6-15-16(8-14)24-18-10-20(27(33)35-4)19(26(32)34-3)9-17(18)23(15)36-24/h5-10,23-24H,11H2,1-4H3,(H2,28,30)(H,29,31). The van der Waals surface area contributed by atoms with Gasteiger partial charge in [0.1, 0.15) is 18.0 Å². The molecule has 0 saturated carbocycles. The summed E-state index contributed by atoms with van der Waals surface area (Å²) in [5.74, 6) is -1.05. The molecular formula is C27H25N3O6. The number of nitrogens with one attached hydrogen (secondary N) is 1. The first-order valence-electron chi connectivity index (χ1n) is 11.4. The molecule has 2 aliphatic rings. The fourth-order valence-corrected chi connectivity index (χ4v) is 5.02. The Hall–Kier alpha value is -4.24. The molecule has 2 aliphatic heterocycles. The number of ether oxygens (including phenoxy) is 3. The van der Waals surface area contributed by atoms with E-state index in [4.69, 9.17) is 19.9 Å². The average Bonchev–Trinajstić information content (AvgIpc) is 3.42. The van der Waals surface area contributed by atoms with Crippen LogP contribution in [0.3, 0.4) is 0 Å². The van der Waals surface area contributed by atoms with Crippen molar-refractivity contribution in [2.45, 2.75) is 32.6 Å². The maximum absolute atomic E-state index is 13.0. The molecule has 3 N–H and O–H groups in total. The van der Waals surface area contributed by atoms with E-state index in [1.54, 1.807) is 24.3 Å². The maximum Gasteiger partial charge on any atom is 0.338 e. The molecule has 2 unspecified atom stereocenters. The van der Waals surface area contributed by atoms with E-state index < -0.39 is 24.1 Å². The first-order chi connectivity index (χ1) is 17.2. The molecule has 1 aromatic heterocycles. The lowest BCUT2D eigenvalue weighted by atomic mass is 9.83.